The van der Waals surface area contributed by atoms with Gasteiger partial charge in [-0.1, -0.05) is 53.3 Å². The van der Waals surface area contributed by atoms with Gasteiger partial charge in [-0.15, -0.1) is 0 Å². The quantitative estimate of drug-likeness (QED) is 0.340. The molecule has 0 aliphatic heterocycles. The Hall–Kier alpha value is -2.81. The van der Waals surface area contributed by atoms with Crippen LogP contribution < -0.4 is 4.90 Å². The summed E-state index contributed by atoms with van der Waals surface area (Å²) in [6, 6.07) is 17.3. The Morgan fingerprint density at radius 1 is 1.06 bits per heavy atom. The summed E-state index contributed by atoms with van der Waals surface area (Å²) in [5.74, 6) is -1.94. The first-order valence-electron chi connectivity index (χ1n) is 9.63. The Bertz CT molecular complexity index is 1390. The van der Waals surface area contributed by atoms with E-state index in [2.05, 4.69) is 4.98 Å². The van der Waals surface area contributed by atoms with E-state index in [1.807, 2.05) is 43.3 Å². The molecule has 32 heavy (non-hydrogen) atoms. The topological polar surface area (TPSA) is 67.3 Å². The number of amides is 1. The van der Waals surface area contributed by atoms with Crippen molar-refractivity contribution in [2.45, 2.75) is 18.4 Å². The Labute approximate surface area is 194 Å². The highest BCUT2D eigenvalue weighted by atomic mass is 35.5. The van der Waals surface area contributed by atoms with E-state index in [0.717, 1.165) is 40.1 Å². The highest BCUT2D eigenvalue weighted by molar-refractivity contribution is 7.92. The molecule has 0 atom stereocenters. The third kappa shape index (κ3) is 4.67. The number of carbonyl (C=O) groups excluding carboxylic acids is 1. The number of anilines is 1. The first-order chi connectivity index (χ1) is 15.2. The minimum absolute atomic E-state index is 0.112. The molecule has 0 N–H and O–H groups in total. The van der Waals surface area contributed by atoms with Crippen molar-refractivity contribution < 1.29 is 17.6 Å². The van der Waals surface area contributed by atoms with Crippen LogP contribution in [-0.2, 0) is 21.2 Å². The van der Waals surface area contributed by atoms with Crippen LogP contribution >= 0.6 is 22.9 Å². The van der Waals surface area contributed by atoms with Crippen LogP contribution in [0.3, 0.4) is 0 Å². The molecule has 0 fully saturated rings. The molecule has 0 aliphatic rings. The van der Waals surface area contributed by atoms with Gasteiger partial charge in [-0.25, -0.2) is 17.8 Å². The normalized spacial score (nSPS) is 11.6. The van der Waals surface area contributed by atoms with Gasteiger partial charge in [0.15, 0.2) is 15.0 Å². The van der Waals surface area contributed by atoms with Crippen LogP contribution in [-0.4, -0.2) is 25.1 Å². The molecule has 0 unspecified atom stereocenters. The van der Waals surface area contributed by atoms with E-state index in [1.54, 1.807) is 6.07 Å². The molecule has 0 bridgehead atoms. The second-order valence-electron chi connectivity index (χ2n) is 7.19. The summed E-state index contributed by atoms with van der Waals surface area (Å²) < 4.78 is 39.7. The summed E-state index contributed by atoms with van der Waals surface area (Å²) in [4.78, 5) is 19.1. The molecule has 1 aromatic heterocycles. The molecule has 4 aromatic rings. The summed E-state index contributed by atoms with van der Waals surface area (Å²) >= 11 is 7.50. The third-order valence-electron chi connectivity index (χ3n) is 4.94. The first kappa shape index (κ1) is 22.4. The summed E-state index contributed by atoms with van der Waals surface area (Å²) in [7, 11) is -3.97. The monoisotopic (exact) mass is 488 g/mol. The fraction of sp³-hybridized carbons (Fsp3) is 0.130. The van der Waals surface area contributed by atoms with E-state index in [-0.39, 0.29) is 11.4 Å². The lowest BCUT2D eigenvalue weighted by molar-refractivity contribution is -0.116. The zero-order chi connectivity index (χ0) is 22.9. The van der Waals surface area contributed by atoms with Crippen LogP contribution in [0.15, 0.2) is 71.6 Å². The minimum atomic E-state index is -3.97. The maximum atomic E-state index is 13.2. The molecule has 1 amide bonds. The van der Waals surface area contributed by atoms with E-state index in [1.165, 1.54) is 16.2 Å². The van der Waals surface area contributed by atoms with Crippen LogP contribution in [0.4, 0.5) is 9.52 Å². The zero-order valence-electron chi connectivity index (χ0n) is 17.0. The number of hydrogen-bond donors (Lipinski definition) is 0. The number of hydrogen-bond acceptors (Lipinski definition) is 5. The van der Waals surface area contributed by atoms with Gasteiger partial charge in [0.25, 0.3) is 0 Å². The molecule has 0 saturated heterocycles. The summed E-state index contributed by atoms with van der Waals surface area (Å²) in [5, 5.41) is 0.947. The Balaban J connectivity index is 1.71. The van der Waals surface area contributed by atoms with Gasteiger partial charge < -0.3 is 0 Å². The number of fused-ring (bicyclic) bond motifs is 1. The fourth-order valence-electron chi connectivity index (χ4n) is 3.20. The summed E-state index contributed by atoms with van der Waals surface area (Å²) in [5.41, 5.74) is 2.29. The predicted octanol–water partition coefficient (Wildman–Crippen LogP) is 5.40. The van der Waals surface area contributed by atoms with Crippen molar-refractivity contribution in [3.05, 3.63) is 88.7 Å². The molecule has 0 aliphatic carbocycles. The Morgan fingerprint density at radius 2 is 1.75 bits per heavy atom. The number of aryl methyl sites for hydroxylation is 1. The number of aromatic nitrogens is 1. The van der Waals surface area contributed by atoms with Gasteiger partial charge >= 0.3 is 0 Å². The van der Waals surface area contributed by atoms with Gasteiger partial charge in [-0.05, 0) is 54.4 Å². The number of carbonyl (C=O) groups is 1. The average molecular weight is 489 g/mol. The van der Waals surface area contributed by atoms with Crippen LogP contribution in [0, 0.1) is 12.7 Å². The molecule has 1 heterocycles. The molecule has 0 spiro atoms. The minimum Gasteiger partial charge on any atom is -0.283 e. The van der Waals surface area contributed by atoms with Gasteiger partial charge in [0.2, 0.25) is 5.91 Å². The Kier molecular flexibility index (Phi) is 6.28. The van der Waals surface area contributed by atoms with Crippen molar-refractivity contribution >= 4 is 54.0 Å². The molecule has 3 aromatic carbocycles. The maximum absolute atomic E-state index is 13.2. The van der Waals surface area contributed by atoms with Crippen LogP contribution in [0.1, 0.15) is 11.1 Å². The predicted molar refractivity (Wildman–Crippen MR) is 125 cm³/mol. The molecule has 0 radical (unpaired) electrons. The molecule has 5 nitrogen and oxygen atoms in total. The number of rotatable bonds is 6. The van der Waals surface area contributed by atoms with Gasteiger partial charge in [0.1, 0.15) is 11.6 Å². The second kappa shape index (κ2) is 8.97. The summed E-state index contributed by atoms with van der Waals surface area (Å²) in [6.45, 7) is 2.00. The number of benzene rings is 3. The third-order valence-corrected chi connectivity index (χ3v) is 8.01. The zero-order valence-corrected chi connectivity index (χ0v) is 19.3. The second-order valence-corrected chi connectivity index (χ2v) is 10.6. The maximum Gasteiger partial charge on any atom is 0.244 e. The highest BCUT2D eigenvalue weighted by Gasteiger charge is 2.27. The van der Waals surface area contributed by atoms with Crippen molar-refractivity contribution in [2.75, 3.05) is 10.7 Å². The van der Waals surface area contributed by atoms with Crippen LogP contribution in [0.2, 0.25) is 5.02 Å². The Morgan fingerprint density at radius 3 is 2.44 bits per heavy atom. The number of halogens is 2. The lowest BCUT2D eigenvalue weighted by Gasteiger charge is -2.20. The number of nitrogens with zero attached hydrogens (tertiary/aromatic N) is 2. The van der Waals surface area contributed by atoms with E-state index >= 15 is 0 Å². The van der Waals surface area contributed by atoms with Gasteiger partial charge in [-0.3, -0.25) is 9.69 Å². The fourth-order valence-corrected chi connectivity index (χ4v) is 5.59. The van der Waals surface area contributed by atoms with E-state index in [0.29, 0.717) is 15.7 Å². The molecule has 9 heteroatoms. The highest BCUT2D eigenvalue weighted by Crippen LogP contribution is 2.34. The van der Waals surface area contributed by atoms with Gasteiger partial charge in [0.05, 0.1) is 21.7 Å². The standard InChI is InChI=1S/C23H18ClFN2O3S2/c1-15-19(24)11-12-20-22(15)26-23(31-20)27(13-16-5-3-2-4-6-16)21(28)14-32(29,30)18-9-7-17(25)8-10-18/h2-12H,13-14H2,1H3. The molecule has 164 valence electrons. The smallest absolute Gasteiger partial charge is 0.244 e. The number of thiazole rings is 1. The number of sulfone groups is 1. The lowest BCUT2D eigenvalue weighted by Crippen LogP contribution is -2.35. The van der Waals surface area contributed by atoms with E-state index < -0.39 is 27.3 Å². The molecular weight excluding hydrogens is 471 g/mol. The first-order valence-corrected chi connectivity index (χ1v) is 12.5. The van der Waals surface area contributed by atoms with Crippen molar-refractivity contribution in [2.24, 2.45) is 0 Å². The molecule has 0 saturated carbocycles. The van der Waals surface area contributed by atoms with Crippen molar-refractivity contribution in [1.82, 2.24) is 4.98 Å². The molecule has 4 rings (SSSR count). The van der Waals surface area contributed by atoms with Crippen molar-refractivity contribution in [3.63, 3.8) is 0 Å². The van der Waals surface area contributed by atoms with E-state index in [9.17, 15) is 17.6 Å². The largest absolute Gasteiger partial charge is 0.283 e. The lowest BCUT2D eigenvalue weighted by atomic mass is 10.2. The van der Waals surface area contributed by atoms with Crippen LogP contribution in [0.25, 0.3) is 10.2 Å². The van der Waals surface area contributed by atoms with Gasteiger partial charge in [-0.2, -0.15) is 0 Å². The SMILES string of the molecule is Cc1c(Cl)ccc2sc(N(Cc3ccccc3)C(=O)CS(=O)(=O)c3ccc(F)cc3)nc12. The van der Waals surface area contributed by atoms with E-state index in [4.69, 9.17) is 11.6 Å². The van der Waals surface area contributed by atoms with Crippen molar-refractivity contribution in [1.29, 1.82) is 0 Å². The van der Waals surface area contributed by atoms with Crippen LogP contribution in [0.5, 0.6) is 0 Å². The van der Waals surface area contributed by atoms with Gasteiger partial charge in [0, 0.05) is 5.02 Å². The molecular formula is C23H18ClFN2O3S2. The van der Waals surface area contributed by atoms with Crippen molar-refractivity contribution in [3.8, 4) is 0 Å². The summed E-state index contributed by atoms with van der Waals surface area (Å²) in [6.07, 6.45) is 0. The average Bonchev–Trinajstić information content (AvgIpc) is 3.20.